The highest BCUT2D eigenvalue weighted by Crippen LogP contribution is 2.32. The predicted octanol–water partition coefficient (Wildman–Crippen LogP) is 4.07. The first-order valence-corrected chi connectivity index (χ1v) is 10.3. The fraction of sp³-hybridized carbons (Fsp3) is 0.158. The van der Waals surface area contributed by atoms with Gasteiger partial charge >= 0.3 is 0 Å². The first kappa shape index (κ1) is 20.3. The maximum absolute atomic E-state index is 12.5. The zero-order valence-corrected chi connectivity index (χ0v) is 17.1. The summed E-state index contributed by atoms with van der Waals surface area (Å²) in [4.78, 5) is 50.3. The predicted molar refractivity (Wildman–Crippen MR) is 111 cm³/mol. The van der Waals surface area contributed by atoms with Crippen LogP contribution in [0.15, 0.2) is 41.3 Å². The number of hydrogen-bond acceptors (Lipinski definition) is 6. The molecule has 6 nitrogen and oxygen atoms in total. The molecular formula is C19H15ClN2O4S2. The molecule has 2 heterocycles. The van der Waals surface area contributed by atoms with Crippen molar-refractivity contribution in [1.82, 2.24) is 10.2 Å². The van der Waals surface area contributed by atoms with Gasteiger partial charge in [0.1, 0.15) is 0 Å². The minimum absolute atomic E-state index is 0.0688. The summed E-state index contributed by atoms with van der Waals surface area (Å²) in [7, 11) is 0. The maximum Gasteiger partial charge on any atom is 0.293 e. The van der Waals surface area contributed by atoms with Crippen LogP contribution in [0.4, 0.5) is 4.79 Å². The summed E-state index contributed by atoms with van der Waals surface area (Å²) in [6.07, 6.45) is 1.63. The summed E-state index contributed by atoms with van der Waals surface area (Å²) >= 11 is 7.81. The fourth-order valence-corrected chi connectivity index (χ4v) is 4.23. The molecule has 2 aromatic rings. The normalized spacial score (nSPS) is 15.4. The highest BCUT2D eigenvalue weighted by Gasteiger charge is 2.34. The van der Waals surface area contributed by atoms with Crippen molar-refractivity contribution < 1.29 is 19.2 Å². The van der Waals surface area contributed by atoms with E-state index in [1.807, 2.05) is 0 Å². The molecule has 1 N–H and O–H groups in total. The van der Waals surface area contributed by atoms with Crippen molar-refractivity contribution in [3.8, 4) is 0 Å². The van der Waals surface area contributed by atoms with E-state index in [0.29, 0.717) is 19.7 Å². The van der Waals surface area contributed by atoms with Gasteiger partial charge in [-0.2, -0.15) is 0 Å². The molecule has 1 aliphatic rings. The summed E-state index contributed by atoms with van der Waals surface area (Å²) in [6, 6.07) is 10.1. The van der Waals surface area contributed by atoms with Gasteiger partial charge in [-0.15, -0.1) is 11.3 Å². The average molecular weight is 435 g/mol. The van der Waals surface area contributed by atoms with Gasteiger partial charge in [-0.25, -0.2) is 0 Å². The third-order valence-corrected chi connectivity index (χ3v) is 6.18. The van der Waals surface area contributed by atoms with Crippen molar-refractivity contribution >= 4 is 63.6 Å². The molecule has 0 bridgehead atoms. The number of Topliss-reactive ketones (excluding diaryl/α,β-unsaturated/α-hetero) is 1. The van der Waals surface area contributed by atoms with Gasteiger partial charge < -0.3 is 5.32 Å². The molecule has 0 unspecified atom stereocenters. The number of thiophene rings is 1. The van der Waals surface area contributed by atoms with Gasteiger partial charge in [0.2, 0.25) is 0 Å². The first-order chi connectivity index (χ1) is 13.3. The van der Waals surface area contributed by atoms with Crippen LogP contribution in [0, 0.1) is 0 Å². The van der Waals surface area contributed by atoms with E-state index in [-0.39, 0.29) is 30.0 Å². The number of amides is 3. The Hall–Kier alpha value is -2.42. The molecule has 1 fully saturated rings. The molecule has 0 spiro atoms. The van der Waals surface area contributed by atoms with E-state index in [0.717, 1.165) is 33.6 Å². The zero-order valence-electron chi connectivity index (χ0n) is 14.7. The molecule has 3 amide bonds. The molecule has 1 aromatic carbocycles. The molecule has 0 aliphatic carbocycles. The van der Waals surface area contributed by atoms with Crippen molar-refractivity contribution in [2.45, 2.75) is 6.92 Å². The first-order valence-electron chi connectivity index (χ1n) is 8.25. The van der Waals surface area contributed by atoms with Crippen LogP contribution in [0.5, 0.6) is 0 Å². The van der Waals surface area contributed by atoms with E-state index in [1.165, 1.54) is 6.92 Å². The molecule has 1 aromatic heterocycles. The van der Waals surface area contributed by atoms with E-state index in [9.17, 15) is 19.2 Å². The van der Waals surface area contributed by atoms with Gasteiger partial charge in [-0.05, 0) is 54.6 Å². The van der Waals surface area contributed by atoms with Crippen LogP contribution in [0.1, 0.15) is 31.8 Å². The number of ketones is 1. The minimum Gasteiger partial charge on any atom is -0.350 e. The Kier molecular flexibility index (Phi) is 6.33. The third-order valence-electron chi connectivity index (χ3n) is 3.84. The van der Waals surface area contributed by atoms with Crippen LogP contribution in [0.3, 0.4) is 0 Å². The van der Waals surface area contributed by atoms with Crippen LogP contribution in [-0.2, 0) is 4.79 Å². The third kappa shape index (κ3) is 4.70. The summed E-state index contributed by atoms with van der Waals surface area (Å²) in [5.41, 5.74) is 0.766. The molecule has 3 rings (SSSR count). The summed E-state index contributed by atoms with van der Waals surface area (Å²) in [6.45, 7) is 1.63. The Bertz CT molecular complexity index is 982. The van der Waals surface area contributed by atoms with Crippen LogP contribution in [-0.4, -0.2) is 40.8 Å². The molecule has 0 atom stereocenters. The number of carbonyl (C=O) groups excluding carboxylic acids is 4. The standard InChI is InChI=1S/C19H15ClN2O4S2/c1-11(23)14-6-7-15(27-14)17(24)21-8-9-22-18(25)16(28-19(22)26)10-12-2-4-13(20)5-3-12/h2-7,10H,8-9H2,1H3,(H,21,24)/b16-10-. The van der Waals surface area contributed by atoms with E-state index in [2.05, 4.69) is 5.32 Å². The number of carbonyl (C=O) groups is 4. The van der Waals surface area contributed by atoms with Crippen molar-refractivity contribution in [1.29, 1.82) is 0 Å². The molecule has 144 valence electrons. The highest BCUT2D eigenvalue weighted by atomic mass is 35.5. The van der Waals surface area contributed by atoms with Crippen molar-refractivity contribution in [3.63, 3.8) is 0 Å². The number of imide groups is 1. The fourth-order valence-electron chi connectivity index (χ4n) is 2.42. The van der Waals surface area contributed by atoms with Crippen molar-refractivity contribution in [2.75, 3.05) is 13.1 Å². The highest BCUT2D eigenvalue weighted by molar-refractivity contribution is 8.18. The number of benzene rings is 1. The molecular weight excluding hydrogens is 420 g/mol. The number of hydrogen-bond donors (Lipinski definition) is 1. The number of thioether (sulfide) groups is 1. The van der Waals surface area contributed by atoms with E-state index in [1.54, 1.807) is 42.5 Å². The van der Waals surface area contributed by atoms with Gasteiger partial charge in [0, 0.05) is 18.1 Å². The largest absolute Gasteiger partial charge is 0.350 e. The lowest BCUT2D eigenvalue weighted by molar-refractivity contribution is -0.122. The smallest absolute Gasteiger partial charge is 0.293 e. The SMILES string of the molecule is CC(=O)c1ccc(C(=O)NCCN2C(=O)S/C(=C\c3ccc(Cl)cc3)C2=O)s1. The van der Waals surface area contributed by atoms with Crippen LogP contribution in [0.25, 0.3) is 6.08 Å². The monoisotopic (exact) mass is 434 g/mol. The molecule has 28 heavy (non-hydrogen) atoms. The molecule has 0 radical (unpaired) electrons. The minimum atomic E-state index is -0.394. The lowest BCUT2D eigenvalue weighted by Crippen LogP contribution is -2.37. The second-order valence-corrected chi connectivity index (χ2v) is 8.37. The number of nitrogens with one attached hydrogen (secondary N) is 1. The quantitative estimate of drug-likeness (QED) is 0.547. The second-order valence-electron chi connectivity index (χ2n) is 5.86. The topological polar surface area (TPSA) is 83.6 Å². The Labute approximate surface area is 174 Å². The number of halogens is 1. The van der Waals surface area contributed by atoms with Gasteiger partial charge in [0.15, 0.2) is 5.78 Å². The Balaban J connectivity index is 1.57. The number of rotatable bonds is 6. The van der Waals surface area contributed by atoms with Crippen LogP contribution in [0.2, 0.25) is 5.02 Å². The van der Waals surface area contributed by atoms with Gasteiger partial charge in [0.25, 0.3) is 17.1 Å². The molecule has 1 aliphatic heterocycles. The van der Waals surface area contributed by atoms with Crippen molar-refractivity contribution in [3.05, 3.63) is 61.6 Å². The van der Waals surface area contributed by atoms with Gasteiger partial charge in [-0.1, -0.05) is 23.7 Å². The Morgan fingerprint density at radius 3 is 2.43 bits per heavy atom. The van der Waals surface area contributed by atoms with Crippen molar-refractivity contribution in [2.24, 2.45) is 0 Å². The van der Waals surface area contributed by atoms with E-state index < -0.39 is 5.91 Å². The lowest BCUT2D eigenvalue weighted by Gasteiger charge is -2.12. The lowest BCUT2D eigenvalue weighted by atomic mass is 10.2. The average Bonchev–Trinajstić information content (AvgIpc) is 3.25. The summed E-state index contributed by atoms with van der Waals surface area (Å²) < 4.78 is 0. The molecule has 1 saturated heterocycles. The maximum atomic E-state index is 12.5. The Morgan fingerprint density at radius 1 is 1.11 bits per heavy atom. The number of nitrogens with zero attached hydrogens (tertiary/aromatic N) is 1. The van der Waals surface area contributed by atoms with Gasteiger partial charge in [-0.3, -0.25) is 24.1 Å². The molecule has 0 saturated carbocycles. The second kappa shape index (κ2) is 8.72. The van der Waals surface area contributed by atoms with E-state index >= 15 is 0 Å². The van der Waals surface area contributed by atoms with E-state index in [4.69, 9.17) is 11.6 Å². The molecule has 9 heteroatoms. The van der Waals surface area contributed by atoms with Crippen LogP contribution >= 0.6 is 34.7 Å². The zero-order chi connectivity index (χ0) is 20.3. The summed E-state index contributed by atoms with van der Waals surface area (Å²) in [5, 5.41) is 2.87. The van der Waals surface area contributed by atoms with Crippen LogP contribution < -0.4 is 5.32 Å². The van der Waals surface area contributed by atoms with Gasteiger partial charge in [0.05, 0.1) is 14.7 Å². The summed E-state index contributed by atoms with van der Waals surface area (Å²) in [5.74, 6) is -0.843. The Morgan fingerprint density at radius 2 is 1.79 bits per heavy atom.